The molecule has 1 aliphatic rings. The van der Waals surface area contributed by atoms with Gasteiger partial charge in [-0.05, 0) is 25.7 Å². The number of hydrogen-bond acceptors (Lipinski definition) is 2. The fourth-order valence-electron chi connectivity index (χ4n) is 1.54. The van der Waals surface area contributed by atoms with Gasteiger partial charge in [0.1, 0.15) is 11.6 Å². The predicted molar refractivity (Wildman–Crippen MR) is 42.3 cm³/mol. The van der Waals surface area contributed by atoms with Gasteiger partial charge in [-0.3, -0.25) is 4.79 Å². The number of ketones is 2. The highest BCUT2D eigenvalue weighted by Crippen LogP contribution is 2.25. The van der Waals surface area contributed by atoms with Crippen LogP contribution in [0.1, 0.15) is 39.0 Å². The lowest BCUT2D eigenvalue weighted by atomic mass is 10.0. The molecule has 0 heterocycles. The van der Waals surface area contributed by atoms with Crippen molar-refractivity contribution in [3.05, 3.63) is 0 Å². The van der Waals surface area contributed by atoms with Crippen LogP contribution in [0, 0.1) is 5.92 Å². The minimum Gasteiger partial charge on any atom is -0.300 e. The van der Waals surface area contributed by atoms with E-state index < -0.39 is 0 Å². The van der Waals surface area contributed by atoms with Gasteiger partial charge in [0, 0.05) is 19.3 Å². The van der Waals surface area contributed by atoms with Crippen molar-refractivity contribution in [2.75, 3.05) is 0 Å². The normalized spacial score (nSPS) is 24.1. The molecule has 1 saturated carbocycles. The summed E-state index contributed by atoms with van der Waals surface area (Å²) in [5, 5.41) is 0. The van der Waals surface area contributed by atoms with Gasteiger partial charge < -0.3 is 4.79 Å². The van der Waals surface area contributed by atoms with Crippen LogP contribution in [0.5, 0.6) is 0 Å². The Morgan fingerprint density at radius 3 is 2.82 bits per heavy atom. The average Bonchev–Trinajstić information content (AvgIpc) is 2.31. The van der Waals surface area contributed by atoms with E-state index in [4.69, 9.17) is 0 Å². The van der Waals surface area contributed by atoms with Crippen molar-refractivity contribution >= 4 is 11.6 Å². The number of hydrogen-bond donors (Lipinski definition) is 0. The van der Waals surface area contributed by atoms with Crippen LogP contribution in [-0.2, 0) is 9.59 Å². The first-order chi connectivity index (χ1) is 5.18. The Balaban J connectivity index is 2.18. The average molecular weight is 154 g/mol. The summed E-state index contributed by atoms with van der Waals surface area (Å²) in [6, 6.07) is 0. The van der Waals surface area contributed by atoms with E-state index in [1.807, 2.05) is 0 Å². The summed E-state index contributed by atoms with van der Waals surface area (Å²) < 4.78 is 0. The summed E-state index contributed by atoms with van der Waals surface area (Å²) in [5.74, 6) is 1.12. The molecule has 1 fully saturated rings. The van der Waals surface area contributed by atoms with E-state index in [0.29, 0.717) is 24.5 Å². The predicted octanol–water partition coefficient (Wildman–Crippen LogP) is 1.72. The first-order valence-corrected chi connectivity index (χ1v) is 4.19. The smallest absolute Gasteiger partial charge is 0.133 e. The molecule has 1 rings (SSSR count). The van der Waals surface area contributed by atoms with Gasteiger partial charge in [-0.25, -0.2) is 0 Å². The second-order valence-corrected chi connectivity index (χ2v) is 3.39. The second-order valence-electron chi connectivity index (χ2n) is 3.39. The SMILES string of the molecule is CC(=O)CC[C@@H]1CCC(=O)C1. The van der Waals surface area contributed by atoms with Crippen molar-refractivity contribution in [2.24, 2.45) is 5.92 Å². The molecular formula is C9H14O2. The third-order valence-corrected chi connectivity index (χ3v) is 2.25. The molecule has 0 N–H and O–H groups in total. The molecule has 2 heteroatoms. The molecule has 0 saturated heterocycles. The van der Waals surface area contributed by atoms with Crippen LogP contribution in [0.15, 0.2) is 0 Å². The zero-order chi connectivity index (χ0) is 8.27. The lowest BCUT2D eigenvalue weighted by molar-refractivity contribution is -0.119. The first-order valence-electron chi connectivity index (χ1n) is 4.19. The van der Waals surface area contributed by atoms with Crippen LogP contribution in [0.4, 0.5) is 0 Å². The first kappa shape index (κ1) is 8.44. The Morgan fingerprint density at radius 2 is 2.36 bits per heavy atom. The third-order valence-electron chi connectivity index (χ3n) is 2.25. The molecule has 0 aliphatic heterocycles. The monoisotopic (exact) mass is 154 g/mol. The standard InChI is InChI=1S/C9H14O2/c1-7(10)2-3-8-4-5-9(11)6-8/h8H,2-6H2,1H3/t8-/m1/s1. The van der Waals surface area contributed by atoms with Crippen LogP contribution in [0.3, 0.4) is 0 Å². The lowest BCUT2D eigenvalue weighted by Crippen LogP contribution is -1.99. The fourth-order valence-corrected chi connectivity index (χ4v) is 1.54. The van der Waals surface area contributed by atoms with Gasteiger partial charge in [-0.2, -0.15) is 0 Å². The molecule has 1 aliphatic carbocycles. The number of carbonyl (C=O) groups is 2. The molecule has 0 unspecified atom stereocenters. The van der Waals surface area contributed by atoms with Crippen LogP contribution in [-0.4, -0.2) is 11.6 Å². The van der Waals surface area contributed by atoms with Gasteiger partial charge in [0.15, 0.2) is 0 Å². The maximum atomic E-state index is 10.8. The van der Waals surface area contributed by atoms with Gasteiger partial charge in [0.25, 0.3) is 0 Å². The van der Waals surface area contributed by atoms with Gasteiger partial charge in [-0.1, -0.05) is 0 Å². The molecule has 11 heavy (non-hydrogen) atoms. The Labute approximate surface area is 67.0 Å². The van der Waals surface area contributed by atoms with Crippen molar-refractivity contribution in [3.8, 4) is 0 Å². The maximum absolute atomic E-state index is 10.8. The van der Waals surface area contributed by atoms with Crippen LogP contribution in [0.25, 0.3) is 0 Å². The van der Waals surface area contributed by atoms with E-state index in [2.05, 4.69) is 0 Å². The molecular weight excluding hydrogens is 140 g/mol. The Hall–Kier alpha value is -0.660. The molecule has 0 bridgehead atoms. The summed E-state index contributed by atoms with van der Waals surface area (Å²) in [5.41, 5.74) is 0. The van der Waals surface area contributed by atoms with Gasteiger partial charge in [-0.15, -0.1) is 0 Å². The molecule has 0 spiro atoms. The molecule has 0 amide bonds. The number of rotatable bonds is 3. The van der Waals surface area contributed by atoms with Gasteiger partial charge in [0.05, 0.1) is 0 Å². The largest absolute Gasteiger partial charge is 0.300 e. The van der Waals surface area contributed by atoms with Crippen molar-refractivity contribution < 1.29 is 9.59 Å². The molecule has 62 valence electrons. The van der Waals surface area contributed by atoms with Crippen LogP contribution in [0.2, 0.25) is 0 Å². The molecule has 0 aromatic heterocycles. The van der Waals surface area contributed by atoms with E-state index in [9.17, 15) is 9.59 Å². The quantitative estimate of drug-likeness (QED) is 0.620. The van der Waals surface area contributed by atoms with Crippen molar-refractivity contribution in [3.63, 3.8) is 0 Å². The minimum absolute atomic E-state index is 0.240. The third kappa shape index (κ3) is 2.83. The number of carbonyl (C=O) groups excluding carboxylic acids is 2. The van der Waals surface area contributed by atoms with E-state index in [1.54, 1.807) is 6.92 Å². The fraction of sp³-hybridized carbons (Fsp3) is 0.778. The highest BCUT2D eigenvalue weighted by molar-refractivity contribution is 5.81. The van der Waals surface area contributed by atoms with Crippen molar-refractivity contribution in [1.82, 2.24) is 0 Å². The van der Waals surface area contributed by atoms with E-state index in [-0.39, 0.29) is 5.78 Å². The van der Waals surface area contributed by atoms with Crippen LogP contribution >= 0.6 is 0 Å². The molecule has 0 aromatic rings. The van der Waals surface area contributed by atoms with Crippen molar-refractivity contribution in [1.29, 1.82) is 0 Å². The van der Waals surface area contributed by atoms with Gasteiger partial charge >= 0.3 is 0 Å². The zero-order valence-corrected chi connectivity index (χ0v) is 6.93. The summed E-state index contributed by atoms with van der Waals surface area (Å²) in [6.45, 7) is 1.61. The summed E-state index contributed by atoms with van der Waals surface area (Å²) in [7, 11) is 0. The van der Waals surface area contributed by atoms with Gasteiger partial charge in [0.2, 0.25) is 0 Å². The summed E-state index contributed by atoms with van der Waals surface area (Å²) >= 11 is 0. The zero-order valence-electron chi connectivity index (χ0n) is 6.93. The number of Topliss-reactive ketones (excluding diaryl/α,β-unsaturated/α-hetero) is 2. The second kappa shape index (κ2) is 3.65. The molecule has 0 radical (unpaired) electrons. The minimum atomic E-state index is 0.240. The summed E-state index contributed by atoms with van der Waals surface area (Å²) in [4.78, 5) is 21.4. The molecule has 2 nitrogen and oxygen atoms in total. The molecule has 1 atom stereocenters. The Bertz CT molecular complexity index is 172. The summed E-state index contributed by atoms with van der Waals surface area (Å²) in [6.07, 6.45) is 4.03. The highest BCUT2D eigenvalue weighted by Gasteiger charge is 2.21. The Morgan fingerprint density at radius 1 is 1.64 bits per heavy atom. The van der Waals surface area contributed by atoms with Crippen molar-refractivity contribution in [2.45, 2.75) is 39.0 Å². The molecule has 0 aromatic carbocycles. The topological polar surface area (TPSA) is 34.1 Å². The Kier molecular flexibility index (Phi) is 2.80. The highest BCUT2D eigenvalue weighted by atomic mass is 16.1. The maximum Gasteiger partial charge on any atom is 0.133 e. The van der Waals surface area contributed by atoms with E-state index in [1.165, 1.54) is 0 Å². The van der Waals surface area contributed by atoms with E-state index >= 15 is 0 Å². The van der Waals surface area contributed by atoms with Crippen LogP contribution < -0.4 is 0 Å². The lowest BCUT2D eigenvalue weighted by Gasteiger charge is -2.03. The van der Waals surface area contributed by atoms with E-state index in [0.717, 1.165) is 19.3 Å².